The molecule has 2 unspecified atom stereocenters. The third-order valence-electron chi connectivity index (χ3n) is 5.98. The highest BCUT2D eigenvalue weighted by Crippen LogP contribution is 2.27. The second-order valence-corrected chi connectivity index (χ2v) is 9.65. The van der Waals surface area contributed by atoms with Gasteiger partial charge in [0, 0.05) is 11.8 Å². The van der Waals surface area contributed by atoms with Gasteiger partial charge in [0.1, 0.15) is 12.6 Å². The molecule has 0 amide bonds. The summed E-state index contributed by atoms with van der Waals surface area (Å²) >= 11 is 0. The van der Waals surface area contributed by atoms with E-state index in [1.54, 1.807) is 5.57 Å². The lowest BCUT2D eigenvalue weighted by Gasteiger charge is -2.18. The number of allylic oxidation sites excluding steroid dienone is 4. The molecule has 2 rings (SSSR count). The van der Waals surface area contributed by atoms with Gasteiger partial charge < -0.3 is 9.59 Å². The Balaban J connectivity index is 0.000000280. The minimum atomic E-state index is 0.309. The first-order valence-corrected chi connectivity index (χ1v) is 11.7. The van der Waals surface area contributed by atoms with E-state index in [0.29, 0.717) is 11.8 Å². The van der Waals surface area contributed by atoms with Crippen LogP contribution in [0.4, 0.5) is 0 Å². The molecule has 160 valence electrons. The van der Waals surface area contributed by atoms with Crippen LogP contribution >= 0.6 is 0 Å². The topological polar surface area (TPSA) is 34.1 Å². The standard InChI is InChI=1S/2C13H22O/c1-11(2)5-3-6-12-7-4-8-13(9-12)10-14;1-11(2)4-3-5-12-6-8-13(10-14)9-7-12/h7,10-11,13H,3-6,8-9H2,1-2H3;6,10-11,13H,3-5,7-9H2,1-2H3. The SMILES string of the molecule is CC(C)CCCC1=CCC(C=O)CC1.CC(C)CCCC1=CCCC(C=O)C1. The van der Waals surface area contributed by atoms with E-state index in [0.717, 1.165) is 62.9 Å². The van der Waals surface area contributed by atoms with E-state index in [1.165, 1.54) is 44.1 Å². The number of carbonyl (C=O) groups is 2. The first kappa shape index (κ1) is 24.9. The summed E-state index contributed by atoms with van der Waals surface area (Å²) in [5.41, 5.74) is 3.11. The van der Waals surface area contributed by atoms with E-state index in [-0.39, 0.29) is 0 Å². The quantitative estimate of drug-likeness (QED) is 0.287. The molecule has 2 nitrogen and oxygen atoms in total. The Morgan fingerprint density at radius 3 is 1.96 bits per heavy atom. The van der Waals surface area contributed by atoms with E-state index in [1.807, 2.05) is 0 Å². The Bertz CT molecular complexity index is 499. The van der Waals surface area contributed by atoms with Gasteiger partial charge in [-0.25, -0.2) is 0 Å². The lowest BCUT2D eigenvalue weighted by atomic mass is 9.87. The van der Waals surface area contributed by atoms with Crippen molar-refractivity contribution in [3.05, 3.63) is 23.3 Å². The van der Waals surface area contributed by atoms with E-state index in [4.69, 9.17) is 0 Å². The summed E-state index contributed by atoms with van der Waals surface area (Å²) in [5.74, 6) is 2.25. The highest BCUT2D eigenvalue weighted by Gasteiger charge is 2.14. The van der Waals surface area contributed by atoms with Crippen molar-refractivity contribution in [2.24, 2.45) is 23.7 Å². The molecule has 2 atom stereocenters. The van der Waals surface area contributed by atoms with Gasteiger partial charge in [-0.2, -0.15) is 0 Å². The molecule has 0 spiro atoms. The van der Waals surface area contributed by atoms with Crippen molar-refractivity contribution >= 4 is 12.6 Å². The fourth-order valence-electron chi connectivity index (χ4n) is 4.08. The van der Waals surface area contributed by atoms with Crippen LogP contribution < -0.4 is 0 Å². The molecule has 28 heavy (non-hydrogen) atoms. The second-order valence-electron chi connectivity index (χ2n) is 9.65. The van der Waals surface area contributed by atoms with Crippen LogP contribution in [0.25, 0.3) is 0 Å². The first-order valence-electron chi connectivity index (χ1n) is 11.7. The molecular formula is C26H44O2. The summed E-state index contributed by atoms with van der Waals surface area (Å²) in [6.45, 7) is 9.09. The number of aldehydes is 2. The molecule has 0 aromatic heterocycles. The van der Waals surface area contributed by atoms with E-state index in [2.05, 4.69) is 39.8 Å². The van der Waals surface area contributed by atoms with Gasteiger partial charge in [0.05, 0.1) is 0 Å². The fourth-order valence-corrected chi connectivity index (χ4v) is 4.08. The lowest BCUT2D eigenvalue weighted by Crippen LogP contribution is -2.08. The summed E-state index contributed by atoms with van der Waals surface area (Å²) in [4.78, 5) is 21.2. The van der Waals surface area contributed by atoms with Crippen LogP contribution in [0.5, 0.6) is 0 Å². The average molecular weight is 389 g/mol. The van der Waals surface area contributed by atoms with Crippen LogP contribution in [0.1, 0.15) is 105 Å². The zero-order chi connectivity index (χ0) is 20.8. The maximum Gasteiger partial charge on any atom is 0.123 e. The highest BCUT2D eigenvalue weighted by molar-refractivity contribution is 5.55. The van der Waals surface area contributed by atoms with Crippen LogP contribution in [0.15, 0.2) is 23.3 Å². The molecule has 0 bridgehead atoms. The molecule has 0 saturated carbocycles. The van der Waals surface area contributed by atoms with Crippen molar-refractivity contribution in [2.75, 3.05) is 0 Å². The zero-order valence-electron chi connectivity index (χ0n) is 18.9. The predicted molar refractivity (Wildman–Crippen MR) is 120 cm³/mol. The smallest absolute Gasteiger partial charge is 0.123 e. The maximum atomic E-state index is 10.7. The van der Waals surface area contributed by atoms with Gasteiger partial charge in [-0.15, -0.1) is 0 Å². The van der Waals surface area contributed by atoms with Gasteiger partial charge in [-0.1, -0.05) is 63.8 Å². The normalized spacial score (nSPS) is 22.2. The second kappa shape index (κ2) is 14.8. The van der Waals surface area contributed by atoms with Gasteiger partial charge in [0.2, 0.25) is 0 Å². The summed E-state index contributed by atoms with van der Waals surface area (Å²) in [6, 6.07) is 0. The Morgan fingerprint density at radius 1 is 0.857 bits per heavy atom. The Hall–Kier alpha value is -1.18. The molecule has 0 fully saturated rings. The Labute approximate surface area is 174 Å². The molecule has 0 aromatic carbocycles. The number of hydrogen-bond acceptors (Lipinski definition) is 2. The summed E-state index contributed by atoms with van der Waals surface area (Å²) in [5, 5.41) is 0. The van der Waals surface area contributed by atoms with Gasteiger partial charge in [-0.3, -0.25) is 0 Å². The number of carbonyl (C=O) groups excluding carboxylic acids is 2. The van der Waals surface area contributed by atoms with Crippen molar-refractivity contribution in [3.63, 3.8) is 0 Å². The molecule has 2 aliphatic carbocycles. The van der Waals surface area contributed by atoms with E-state index in [9.17, 15) is 9.59 Å². The van der Waals surface area contributed by atoms with E-state index >= 15 is 0 Å². The van der Waals surface area contributed by atoms with Gasteiger partial charge in [0.15, 0.2) is 0 Å². The third-order valence-corrected chi connectivity index (χ3v) is 5.98. The van der Waals surface area contributed by atoms with Gasteiger partial charge in [0.25, 0.3) is 0 Å². The van der Waals surface area contributed by atoms with Crippen molar-refractivity contribution in [3.8, 4) is 0 Å². The number of hydrogen-bond donors (Lipinski definition) is 0. The van der Waals surface area contributed by atoms with Crippen LogP contribution in [0, 0.1) is 23.7 Å². The minimum absolute atomic E-state index is 0.309. The third kappa shape index (κ3) is 11.6. The van der Waals surface area contributed by atoms with Crippen molar-refractivity contribution in [1.82, 2.24) is 0 Å². The van der Waals surface area contributed by atoms with Crippen LogP contribution in [0.3, 0.4) is 0 Å². The van der Waals surface area contributed by atoms with Crippen molar-refractivity contribution in [2.45, 2.75) is 105 Å². The Kier molecular flexibility index (Phi) is 13.1. The van der Waals surface area contributed by atoms with E-state index < -0.39 is 0 Å². The largest absolute Gasteiger partial charge is 0.303 e. The highest BCUT2D eigenvalue weighted by atomic mass is 16.1. The summed E-state index contributed by atoms with van der Waals surface area (Å²) < 4.78 is 0. The molecule has 0 aliphatic heterocycles. The number of rotatable bonds is 10. The molecular weight excluding hydrogens is 344 g/mol. The van der Waals surface area contributed by atoms with Crippen molar-refractivity contribution in [1.29, 1.82) is 0 Å². The molecule has 0 N–H and O–H groups in total. The molecule has 2 aliphatic rings. The summed E-state index contributed by atoms with van der Waals surface area (Å²) in [6.07, 6.45) is 21.0. The molecule has 0 saturated heterocycles. The molecule has 0 radical (unpaired) electrons. The molecule has 2 heteroatoms. The average Bonchev–Trinajstić information content (AvgIpc) is 2.68. The molecule has 0 heterocycles. The minimum Gasteiger partial charge on any atom is -0.303 e. The van der Waals surface area contributed by atoms with Crippen molar-refractivity contribution < 1.29 is 9.59 Å². The van der Waals surface area contributed by atoms with Crippen LogP contribution in [0.2, 0.25) is 0 Å². The Morgan fingerprint density at radius 2 is 1.46 bits per heavy atom. The summed E-state index contributed by atoms with van der Waals surface area (Å²) in [7, 11) is 0. The maximum absolute atomic E-state index is 10.7. The molecule has 0 aromatic rings. The van der Waals surface area contributed by atoms with Crippen LogP contribution in [-0.4, -0.2) is 12.6 Å². The van der Waals surface area contributed by atoms with Gasteiger partial charge >= 0.3 is 0 Å². The predicted octanol–water partition coefficient (Wildman–Crippen LogP) is 7.48. The zero-order valence-corrected chi connectivity index (χ0v) is 18.9. The van der Waals surface area contributed by atoms with Gasteiger partial charge in [-0.05, 0) is 76.0 Å². The first-order chi connectivity index (χ1) is 13.4. The lowest BCUT2D eigenvalue weighted by molar-refractivity contribution is -0.112. The fraction of sp³-hybridized carbons (Fsp3) is 0.769. The van der Waals surface area contributed by atoms with Crippen LogP contribution in [-0.2, 0) is 9.59 Å². The monoisotopic (exact) mass is 388 g/mol.